The maximum absolute atomic E-state index is 11.0. The standard InChI is InChI=1S/C10H9NOS/c1-6-5-9-10(13-6)4-3-8(11-9)7(2)12/h3-5H,1-2H3. The monoisotopic (exact) mass is 191 g/mol. The first-order valence-corrected chi connectivity index (χ1v) is 4.86. The molecule has 2 nitrogen and oxygen atoms in total. The Kier molecular flexibility index (Phi) is 1.88. The third-order valence-electron chi connectivity index (χ3n) is 1.86. The van der Waals surface area contributed by atoms with Crippen LogP contribution < -0.4 is 0 Å². The summed E-state index contributed by atoms with van der Waals surface area (Å²) in [4.78, 5) is 16.5. The van der Waals surface area contributed by atoms with E-state index in [1.807, 2.05) is 19.1 Å². The molecule has 2 rings (SSSR count). The Hall–Kier alpha value is -1.22. The Morgan fingerprint density at radius 2 is 2.23 bits per heavy atom. The van der Waals surface area contributed by atoms with Crippen LogP contribution in [0, 0.1) is 6.92 Å². The first kappa shape index (κ1) is 8.38. The Morgan fingerprint density at radius 1 is 1.46 bits per heavy atom. The summed E-state index contributed by atoms with van der Waals surface area (Å²) in [5.74, 6) is 0.0192. The normalized spacial score (nSPS) is 10.6. The van der Waals surface area contributed by atoms with Gasteiger partial charge in [-0.05, 0) is 25.1 Å². The SMILES string of the molecule is CC(=O)c1ccc2sc(C)cc2n1. The van der Waals surface area contributed by atoms with E-state index in [0.717, 1.165) is 10.2 Å². The number of carbonyl (C=O) groups is 1. The van der Waals surface area contributed by atoms with Gasteiger partial charge in [0, 0.05) is 11.8 Å². The second-order valence-electron chi connectivity index (χ2n) is 2.99. The van der Waals surface area contributed by atoms with Gasteiger partial charge in [0.25, 0.3) is 0 Å². The number of pyridine rings is 1. The van der Waals surface area contributed by atoms with E-state index in [-0.39, 0.29) is 5.78 Å². The van der Waals surface area contributed by atoms with Crippen molar-refractivity contribution in [2.45, 2.75) is 13.8 Å². The van der Waals surface area contributed by atoms with Crippen molar-refractivity contribution >= 4 is 27.3 Å². The summed E-state index contributed by atoms with van der Waals surface area (Å²) in [5, 5.41) is 0. The van der Waals surface area contributed by atoms with Crippen molar-refractivity contribution in [2.75, 3.05) is 0 Å². The summed E-state index contributed by atoms with van der Waals surface area (Å²) in [6, 6.07) is 5.74. The molecule has 0 amide bonds. The molecule has 0 atom stereocenters. The van der Waals surface area contributed by atoms with Gasteiger partial charge in [-0.2, -0.15) is 0 Å². The molecule has 3 heteroatoms. The van der Waals surface area contributed by atoms with Crippen LogP contribution in [0.1, 0.15) is 22.3 Å². The van der Waals surface area contributed by atoms with Crippen LogP contribution in [0.4, 0.5) is 0 Å². The average Bonchev–Trinajstić information content (AvgIpc) is 2.42. The lowest BCUT2D eigenvalue weighted by Crippen LogP contribution is -1.94. The second-order valence-corrected chi connectivity index (χ2v) is 4.28. The zero-order valence-electron chi connectivity index (χ0n) is 7.50. The van der Waals surface area contributed by atoms with Gasteiger partial charge in [0.2, 0.25) is 0 Å². The highest BCUT2D eigenvalue weighted by Gasteiger charge is 2.04. The minimum atomic E-state index is 0.0192. The molecule has 66 valence electrons. The van der Waals surface area contributed by atoms with Crippen molar-refractivity contribution in [3.05, 3.63) is 28.8 Å². The third-order valence-corrected chi connectivity index (χ3v) is 2.86. The van der Waals surface area contributed by atoms with Gasteiger partial charge in [0.15, 0.2) is 5.78 Å². The number of hydrogen-bond donors (Lipinski definition) is 0. The van der Waals surface area contributed by atoms with Gasteiger partial charge in [0.05, 0.1) is 10.2 Å². The Bertz CT molecular complexity index is 473. The minimum Gasteiger partial charge on any atom is -0.293 e. The molecule has 0 aromatic carbocycles. The van der Waals surface area contributed by atoms with E-state index in [1.54, 1.807) is 17.4 Å². The summed E-state index contributed by atoms with van der Waals surface area (Å²) < 4.78 is 1.14. The number of ketones is 1. The molecule has 0 N–H and O–H groups in total. The number of hydrogen-bond acceptors (Lipinski definition) is 3. The number of nitrogens with zero attached hydrogens (tertiary/aromatic N) is 1. The van der Waals surface area contributed by atoms with Crippen LogP contribution in [-0.2, 0) is 0 Å². The van der Waals surface area contributed by atoms with Crippen LogP contribution in [0.3, 0.4) is 0 Å². The van der Waals surface area contributed by atoms with Gasteiger partial charge in [-0.3, -0.25) is 4.79 Å². The van der Waals surface area contributed by atoms with E-state index in [9.17, 15) is 4.79 Å². The van der Waals surface area contributed by atoms with Crippen molar-refractivity contribution in [2.24, 2.45) is 0 Å². The fourth-order valence-electron chi connectivity index (χ4n) is 1.24. The number of aromatic nitrogens is 1. The van der Waals surface area contributed by atoms with Crippen LogP contribution >= 0.6 is 11.3 Å². The van der Waals surface area contributed by atoms with Gasteiger partial charge in [-0.25, -0.2) is 4.98 Å². The average molecular weight is 191 g/mol. The van der Waals surface area contributed by atoms with E-state index < -0.39 is 0 Å². The molecule has 2 aromatic rings. The van der Waals surface area contributed by atoms with E-state index in [0.29, 0.717) is 5.69 Å². The molecule has 13 heavy (non-hydrogen) atoms. The topological polar surface area (TPSA) is 30.0 Å². The van der Waals surface area contributed by atoms with Crippen molar-refractivity contribution in [1.29, 1.82) is 0 Å². The molecule has 2 heterocycles. The lowest BCUT2D eigenvalue weighted by Gasteiger charge is -1.93. The van der Waals surface area contributed by atoms with Crippen molar-refractivity contribution in [3.63, 3.8) is 0 Å². The van der Waals surface area contributed by atoms with E-state index in [2.05, 4.69) is 4.98 Å². The molecular formula is C10H9NOS. The van der Waals surface area contributed by atoms with Gasteiger partial charge < -0.3 is 0 Å². The molecule has 2 aromatic heterocycles. The lowest BCUT2D eigenvalue weighted by atomic mass is 10.2. The summed E-state index contributed by atoms with van der Waals surface area (Å²) in [6.07, 6.45) is 0. The Labute approximate surface area is 80.2 Å². The number of rotatable bonds is 1. The van der Waals surface area contributed by atoms with E-state index >= 15 is 0 Å². The summed E-state index contributed by atoms with van der Waals surface area (Å²) in [5.41, 5.74) is 1.47. The van der Waals surface area contributed by atoms with Crippen molar-refractivity contribution in [1.82, 2.24) is 4.98 Å². The largest absolute Gasteiger partial charge is 0.293 e. The summed E-state index contributed by atoms with van der Waals surface area (Å²) in [6.45, 7) is 3.58. The van der Waals surface area contributed by atoms with Gasteiger partial charge in [-0.1, -0.05) is 0 Å². The van der Waals surface area contributed by atoms with E-state index in [4.69, 9.17) is 0 Å². The molecular weight excluding hydrogens is 182 g/mol. The molecule has 0 fully saturated rings. The van der Waals surface area contributed by atoms with Crippen LogP contribution in [-0.4, -0.2) is 10.8 Å². The zero-order valence-corrected chi connectivity index (χ0v) is 8.31. The number of carbonyl (C=O) groups excluding carboxylic acids is 1. The Morgan fingerprint density at radius 3 is 2.92 bits per heavy atom. The summed E-state index contributed by atoms with van der Waals surface area (Å²) in [7, 11) is 0. The maximum Gasteiger partial charge on any atom is 0.178 e. The number of fused-ring (bicyclic) bond motifs is 1. The fourth-order valence-corrected chi connectivity index (χ4v) is 2.11. The molecule has 0 bridgehead atoms. The van der Waals surface area contributed by atoms with Crippen LogP contribution in [0.2, 0.25) is 0 Å². The molecule has 0 aliphatic carbocycles. The number of aryl methyl sites for hydroxylation is 1. The quantitative estimate of drug-likeness (QED) is 0.649. The maximum atomic E-state index is 11.0. The zero-order chi connectivity index (χ0) is 9.42. The molecule has 0 spiro atoms. The highest BCUT2D eigenvalue weighted by molar-refractivity contribution is 7.18. The molecule has 0 saturated heterocycles. The van der Waals surface area contributed by atoms with Crippen molar-refractivity contribution in [3.8, 4) is 0 Å². The first-order chi connectivity index (χ1) is 6.16. The van der Waals surface area contributed by atoms with Gasteiger partial charge in [0.1, 0.15) is 5.69 Å². The van der Waals surface area contributed by atoms with E-state index in [1.165, 1.54) is 11.8 Å². The van der Waals surface area contributed by atoms with Crippen LogP contribution in [0.25, 0.3) is 10.2 Å². The van der Waals surface area contributed by atoms with Crippen LogP contribution in [0.5, 0.6) is 0 Å². The highest BCUT2D eigenvalue weighted by Crippen LogP contribution is 2.23. The molecule has 0 aliphatic heterocycles. The Balaban J connectivity index is 2.67. The number of Topliss-reactive ketones (excluding diaryl/α,β-unsaturated/α-hetero) is 1. The molecule has 0 saturated carbocycles. The fraction of sp³-hybridized carbons (Fsp3) is 0.200. The second kappa shape index (κ2) is 2.92. The number of thiophene rings is 1. The third kappa shape index (κ3) is 1.47. The molecule has 0 aliphatic rings. The lowest BCUT2D eigenvalue weighted by molar-refractivity contribution is 0.101. The first-order valence-electron chi connectivity index (χ1n) is 4.05. The van der Waals surface area contributed by atoms with Crippen LogP contribution in [0.15, 0.2) is 18.2 Å². The predicted molar refractivity (Wildman–Crippen MR) is 54.4 cm³/mol. The smallest absolute Gasteiger partial charge is 0.178 e. The minimum absolute atomic E-state index is 0.0192. The van der Waals surface area contributed by atoms with Gasteiger partial charge >= 0.3 is 0 Å². The summed E-state index contributed by atoms with van der Waals surface area (Å²) >= 11 is 1.70. The van der Waals surface area contributed by atoms with Crippen molar-refractivity contribution < 1.29 is 4.79 Å². The predicted octanol–water partition coefficient (Wildman–Crippen LogP) is 2.81. The highest BCUT2D eigenvalue weighted by atomic mass is 32.1. The van der Waals surface area contributed by atoms with Gasteiger partial charge in [-0.15, -0.1) is 11.3 Å². The molecule has 0 unspecified atom stereocenters. The molecule has 0 radical (unpaired) electrons.